The zero-order valence-electron chi connectivity index (χ0n) is 21.8. The number of hydrogen-bond acceptors (Lipinski definition) is 11. The lowest BCUT2D eigenvalue weighted by atomic mass is 9.94. The van der Waals surface area contributed by atoms with Gasteiger partial charge in [-0.25, -0.2) is 0 Å². The molecule has 1 saturated heterocycles. The van der Waals surface area contributed by atoms with Crippen molar-refractivity contribution in [3.8, 4) is 28.4 Å². The van der Waals surface area contributed by atoms with Crippen LogP contribution in [0.4, 0.5) is 0 Å². The van der Waals surface area contributed by atoms with E-state index in [-0.39, 0.29) is 5.43 Å². The summed E-state index contributed by atoms with van der Waals surface area (Å²) in [7, 11) is 4.63. The molecule has 4 rings (SSSR count). The highest BCUT2D eigenvalue weighted by atomic mass is 32.2. The second-order valence-electron chi connectivity index (χ2n) is 9.20. The fraction of sp³-hybridized carbons (Fsp3) is 0.519. The van der Waals surface area contributed by atoms with Crippen LogP contribution < -0.4 is 25.0 Å². The molecule has 0 saturated carbocycles. The van der Waals surface area contributed by atoms with Gasteiger partial charge in [-0.15, -0.1) is 11.8 Å². The van der Waals surface area contributed by atoms with E-state index in [2.05, 4.69) is 5.32 Å². The van der Waals surface area contributed by atoms with Crippen LogP contribution in [0.1, 0.15) is 30.5 Å². The average Bonchev–Trinajstić information content (AvgIpc) is 3.16. The number of methoxy groups -OCH3 is 3. The topological polar surface area (TPSA) is 147 Å². The number of aryl methyl sites for hydroxylation is 1. The Morgan fingerprint density at radius 1 is 1.03 bits per heavy atom. The quantitative estimate of drug-likeness (QED) is 0.303. The van der Waals surface area contributed by atoms with Crippen molar-refractivity contribution in [2.75, 3.05) is 33.7 Å². The summed E-state index contributed by atoms with van der Waals surface area (Å²) in [6.07, 6.45) is -5.59. The van der Waals surface area contributed by atoms with Gasteiger partial charge in [0.15, 0.2) is 16.9 Å². The number of hydrogen-bond donors (Lipinski definition) is 5. The fourth-order valence-corrected chi connectivity index (χ4v) is 5.86. The Kier molecular flexibility index (Phi) is 9.19. The van der Waals surface area contributed by atoms with Gasteiger partial charge in [-0.2, -0.15) is 0 Å². The minimum absolute atomic E-state index is 0.151. The summed E-state index contributed by atoms with van der Waals surface area (Å²) < 4.78 is 22.8. The second kappa shape index (κ2) is 12.2. The number of benzene rings is 1. The highest BCUT2D eigenvalue weighted by molar-refractivity contribution is 7.99. The number of aliphatic hydroxyl groups excluding tert-OH is 4. The molecule has 2 aliphatic rings. The van der Waals surface area contributed by atoms with Crippen molar-refractivity contribution < 1.29 is 39.4 Å². The van der Waals surface area contributed by atoms with Gasteiger partial charge in [-0.3, -0.25) is 10.1 Å². The van der Waals surface area contributed by atoms with Gasteiger partial charge in [-0.1, -0.05) is 13.0 Å². The van der Waals surface area contributed by atoms with E-state index >= 15 is 0 Å². The SMILES string of the molecule is CCSc1ccc2c(cc1=O)C(NC1OC(CO)C(O)C(O)C1O)CCc1cc(OC)c(OC)c(OC)c1-2. The van der Waals surface area contributed by atoms with E-state index in [0.29, 0.717) is 40.5 Å². The standard InChI is InChI=1S/C27H35NO9S/c1-5-38-20-9-7-14-15(11-17(20)30)16(28-27-24(33)23(32)22(31)19(12-29)37-27)8-6-13-10-18(34-2)25(35-3)26(36-4)21(13)14/h7,9-11,16,19,22-24,27-29,31-33H,5-6,8,12H2,1-4H3. The maximum Gasteiger partial charge on any atom is 0.203 e. The molecule has 1 heterocycles. The van der Waals surface area contributed by atoms with Crippen LogP contribution in [0.2, 0.25) is 0 Å². The molecule has 208 valence electrons. The summed E-state index contributed by atoms with van der Waals surface area (Å²) in [6, 6.07) is 6.66. The monoisotopic (exact) mass is 549 g/mol. The van der Waals surface area contributed by atoms with Crippen LogP contribution in [0, 0.1) is 0 Å². The van der Waals surface area contributed by atoms with E-state index in [0.717, 1.165) is 22.4 Å². The van der Waals surface area contributed by atoms with Gasteiger partial charge in [0.2, 0.25) is 5.75 Å². The number of aliphatic hydroxyl groups is 4. The van der Waals surface area contributed by atoms with Crippen LogP contribution in [-0.2, 0) is 11.2 Å². The first kappa shape index (κ1) is 28.6. The predicted octanol–water partition coefficient (Wildman–Crippen LogP) is 1.23. The van der Waals surface area contributed by atoms with Crippen LogP contribution in [-0.4, -0.2) is 84.8 Å². The summed E-state index contributed by atoms with van der Waals surface area (Å²) in [6.45, 7) is 1.44. The lowest BCUT2D eigenvalue weighted by Crippen LogP contribution is -2.62. The number of ether oxygens (including phenoxy) is 4. The molecule has 38 heavy (non-hydrogen) atoms. The minimum atomic E-state index is -1.52. The molecule has 0 aromatic heterocycles. The van der Waals surface area contributed by atoms with Gasteiger partial charge >= 0.3 is 0 Å². The third-order valence-corrected chi connectivity index (χ3v) is 8.00. The summed E-state index contributed by atoms with van der Waals surface area (Å²) >= 11 is 1.44. The molecule has 5 N–H and O–H groups in total. The Morgan fingerprint density at radius 2 is 1.76 bits per heavy atom. The maximum atomic E-state index is 13.3. The molecule has 1 aliphatic heterocycles. The molecule has 2 aromatic rings. The van der Waals surface area contributed by atoms with Crippen molar-refractivity contribution in [1.29, 1.82) is 0 Å². The van der Waals surface area contributed by atoms with E-state index in [9.17, 15) is 25.2 Å². The number of thioether (sulfide) groups is 1. The molecule has 0 spiro atoms. The van der Waals surface area contributed by atoms with Crippen LogP contribution in [0.5, 0.6) is 17.2 Å². The summed E-state index contributed by atoms with van der Waals surface area (Å²) in [5.74, 6) is 2.13. The van der Waals surface area contributed by atoms with Gasteiger partial charge in [0, 0.05) is 11.6 Å². The molecule has 6 unspecified atom stereocenters. The number of rotatable bonds is 8. The third-order valence-electron chi connectivity index (χ3n) is 7.06. The van der Waals surface area contributed by atoms with Crippen molar-refractivity contribution in [2.24, 2.45) is 0 Å². The Hall–Kier alpha value is -2.38. The number of nitrogens with one attached hydrogen (secondary N) is 1. The van der Waals surface area contributed by atoms with E-state index in [4.69, 9.17) is 18.9 Å². The van der Waals surface area contributed by atoms with Gasteiger partial charge < -0.3 is 39.4 Å². The largest absolute Gasteiger partial charge is 0.493 e. The first-order valence-corrected chi connectivity index (χ1v) is 13.5. The molecule has 2 aromatic carbocycles. The van der Waals surface area contributed by atoms with Crippen LogP contribution in [0.3, 0.4) is 0 Å². The Balaban J connectivity index is 1.89. The van der Waals surface area contributed by atoms with Crippen molar-refractivity contribution in [3.05, 3.63) is 45.6 Å². The van der Waals surface area contributed by atoms with Crippen molar-refractivity contribution in [1.82, 2.24) is 5.32 Å². The third kappa shape index (κ3) is 5.24. The molecular formula is C27H35NO9S. The molecule has 10 nitrogen and oxygen atoms in total. The first-order chi connectivity index (χ1) is 18.3. The fourth-order valence-electron chi connectivity index (χ4n) is 5.18. The zero-order valence-corrected chi connectivity index (χ0v) is 22.7. The normalized spacial score (nSPS) is 26.6. The molecule has 1 fully saturated rings. The minimum Gasteiger partial charge on any atom is -0.493 e. The Labute approximate surface area is 225 Å². The molecule has 0 radical (unpaired) electrons. The van der Waals surface area contributed by atoms with Gasteiger partial charge in [0.1, 0.15) is 30.6 Å². The average molecular weight is 550 g/mol. The van der Waals surface area contributed by atoms with Crippen LogP contribution >= 0.6 is 11.8 Å². The van der Waals surface area contributed by atoms with Gasteiger partial charge in [0.25, 0.3) is 0 Å². The summed E-state index contributed by atoms with van der Waals surface area (Å²) in [5, 5.41) is 44.1. The number of fused-ring (bicyclic) bond motifs is 3. The molecule has 6 atom stereocenters. The Morgan fingerprint density at radius 3 is 2.39 bits per heavy atom. The van der Waals surface area contributed by atoms with Crippen LogP contribution in [0.15, 0.2) is 34.0 Å². The van der Waals surface area contributed by atoms with E-state index in [1.165, 1.54) is 18.9 Å². The van der Waals surface area contributed by atoms with E-state index in [1.54, 1.807) is 26.4 Å². The Bertz CT molecular complexity index is 1210. The zero-order chi connectivity index (χ0) is 27.6. The van der Waals surface area contributed by atoms with E-state index < -0.39 is 43.3 Å². The highest BCUT2D eigenvalue weighted by Crippen LogP contribution is 2.50. The molecule has 0 amide bonds. The van der Waals surface area contributed by atoms with Crippen molar-refractivity contribution in [2.45, 2.75) is 61.3 Å². The van der Waals surface area contributed by atoms with Crippen LogP contribution in [0.25, 0.3) is 11.1 Å². The van der Waals surface area contributed by atoms with Gasteiger partial charge in [-0.05, 0) is 53.5 Å². The lowest BCUT2D eigenvalue weighted by molar-refractivity contribution is -0.238. The maximum absolute atomic E-state index is 13.3. The highest BCUT2D eigenvalue weighted by Gasteiger charge is 2.44. The summed E-state index contributed by atoms with van der Waals surface area (Å²) in [4.78, 5) is 13.9. The second-order valence-corrected chi connectivity index (χ2v) is 10.5. The molecular weight excluding hydrogens is 514 g/mol. The smallest absolute Gasteiger partial charge is 0.203 e. The molecule has 0 bridgehead atoms. The molecule has 11 heteroatoms. The van der Waals surface area contributed by atoms with Crippen molar-refractivity contribution >= 4 is 11.8 Å². The van der Waals surface area contributed by atoms with E-state index in [1.807, 2.05) is 19.1 Å². The summed E-state index contributed by atoms with van der Waals surface area (Å²) in [5.41, 5.74) is 2.92. The predicted molar refractivity (Wildman–Crippen MR) is 142 cm³/mol. The first-order valence-electron chi connectivity index (χ1n) is 12.5. The van der Waals surface area contributed by atoms with Crippen molar-refractivity contribution in [3.63, 3.8) is 0 Å². The molecule has 1 aliphatic carbocycles. The lowest BCUT2D eigenvalue weighted by Gasteiger charge is -2.41. The van der Waals surface area contributed by atoms with Gasteiger partial charge in [0.05, 0.1) is 32.8 Å².